The van der Waals surface area contributed by atoms with Crippen molar-refractivity contribution in [2.24, 2.45) is 0 Å². The van der Waals surface area contributed by atoms with Crippen LogP contribution in [0.15, 0.2) is 53.0 Å². The van der Waals surface area contributed by atoms with Gasteiger partial charge in [-0.25, -0.2) is 0 Å². The highest BCUT2D eigenvalue weighted by Crippen LogP contribution is 2.32. The van der Waals surface area contributed by atoms with Crippen LogP contribution in [0.25, 0.3) is 0 Å². The van der Waals surface area contributed by atoms with Crippen molar-refractivity contribution in [1.29, 1.82) is 5.26 Å². The van der Waals surface area contributed by atoms with Crippen LogP contribution in [0.2, 0.25) is 0 Å². The number of benzene rings is 2. The van der Waals surface area contributed by atoms with Gasteiger partial charge in [0.1, 0.15) is 0 Å². The number of aryl methyl sites for hydroxylation is 1. The first-order valence-electron chi connectivity index (χ1n) is 8.68. The summed E-state index contributed by atoms with van der Waals surface area (Å²) >= 11 is 3.52. The summed E-state index contributed by atoms with van der Waals surface area (Å²) in [6, 6.07) is 15.1. The molecule has 0 aliphatic heterocycles. The van der Waals surface area contributed by atoms with E-state index in [0.29, 0.717) is 12.0 Å². The van der Waals surface area contributed by atoms with Crippen molar-refractivity contribution in [1.82, 2.24) is 0 Å². The molecule has 2 atom stereocenters. The van der Waals surface area contributed by atoms with Gasteiger partial charge in [0, 0.05) is 11.6 Å². The van der Waals surface area contributed by atoms with Gasteiger partial charge in [0.2, 0.25) is 0 Å². The number of methoxy groups -OCH3 is 1. The molecule has 0 aliphatic carbocycles. The van der Waals surface area contributed by atoms with Gasteiger partial charge in [-0.15, -0.1) is 0 Å². The predicted octanol–water partition coefficient (Wildman–Crippen LogP) is 6.50. The molecule has 2 rings (SSSR count). The molecule has 27 heavy (non-hydrogen) atoms. The molecule has 0 N–H and O–H groups in total. The second-order valence-electron chi connectivity index (χ2n) is 6.38. The van der Waals surface area contributed by atoms with Gasteiger partial charge in [-0.05, 0) is 48.9 Å². The molecule has 2 unspecified atom stereocenters. The van der Waals surface area contributed by atoms with Crippen LogP contribution in [0.3, 0.4) is 0 Å². The van der Waals surface area contributed by atoms with Gasteiger partial charge in [0.05, 0.1) is 23.7 Å². The van der Waals surface area contributed by atoms with Crippen molar-refractivity contribution < 1.29 is 17.9 Å². The summed E-state index contributed by atoms with van der Waals surface area (Å²) < 4.78 is 45.3. The molecule has 2 nitrogen and oxygen atoms in total. The second kappa shape index (κ2) is 9.91. The van der Waals surface area contributed by atoms with Crippen LogP contribution >= 0.6 is 15.9 Å². The third-order valence-corrected chi connectivity index (χ3v) is 5.31. The highest BCUT2D eigenvalue weighted by Gasteiger charge is 2.31. The van der Waals surface area contributed by atoms with Crippen LogP contribution in [0.4, 0.5) is 13.2 Å². The van der Waals surface area contributed by atoms with Gasteiger partial charge >= 0.3 is 6.18 Å². The van der Waals surface area contributed by atoms with Crippen LogP contribution in [0.1, 0.15) is 41.9 Å². The highest BCUT2D eigenvalue weighted by atomic mass is 79.9. The minimum absolute atomic E-state index is 0.188. The van der Waals surface area contributed by atoms with Gasteiger partial charge in [-0.1, -0.05) is 52.3 Å². The van der Waals surface area contributed by atoms with Crippen molar-refractivity contribution in [2.45, 2.75) is 43.9 Å². The van der Waals surface area contributed by atoms with Crippen molar-refractivity contribution >= 4 is 15.9 Å². The van der Waals surface area contributed by atoms with Crippen LogP contribution in [-0.2, 0) is 17.3 Å². The molecule has 2 aromatic rings. The van der Waals surface area contributed by atoms with E-state index in [1.165, 1.54) is 11.6 Å². The molecule has 0 aromatic heterocycles. The van der Waals surface area contributed by atoms with E-state index in [0.717, 1.165) is 35.9 Å². The zero-order valence-corrected chi connectivity index (χ0v) is 16.6. The fraction of sp³-hybridized carbons (Fsp3) is 0.381. The summed E-state index contributed by atoms with van der Waals surface area (Å²) in [5, 5.41) is 9.46. The summed E-state index contributed by atoms with van der Waals surface area (Å²) in [5.41, 5.74) is 0.838. The maximum Gasteiger partial charge on any atom is 0.416 e. The maximum atomic E-state index is 12.9. The third-order valence-electron chi connectivity index (χ3n) is 4.53. The van der Waals surface area contributed by atoms with Gasteiger partial charge in [-0.3, -0.25) is 0 Å². The highest BCUT2D eigenvalue weighted by molar-refractivity contribution is 9.10. The molecule has 6 heteroatoms. The minimum atomic E-state index is -4.42. The Labute approximate surface area is 166 Å². The topological polar surface area (TPSA) is 33.0 Å². The van der Waals surface area contributed by atoms with E-state index in [2.05, 4.69) is 22.0 Å². The number of alkyl halides is 3. The number of hydrogen-bond donors (Lipinski definition) is 0. The molecule has 0 amide bonds. The lowest BCUT2D eigenvalue weighted by Gasteiger charge is -2.19. The Morgan fingerprint density at radius 2 is 1.89 bits per heavy atom. The summed E-state index contributed by atoms with van der Waals surface area (Å²) in [7, 11) is 1.57. The molecular weight excluding hydrogens is 419 g/mol. The van der Waals surface area contributed by atoms with Crippen molar-refractivity contribution in [3.05, 3.63) is 69.7 Å². The van der Waals surface area contributed by atoms with E-state index >= 15 is 0 Å². The Bertz CT molecular complexity index is 785. The fourth-order valence-electron chi connectivity index (χ4n) is 3.01. The summed E-state index contributed by atoms with van der Waals surface area (Å²) in [6.45, 7) is 0. The molecule has 144 valence electrons. The first kappa shape index (κ1) is 21.5. The van der Waals surface area contributed by atoms with E-state index < -0.39 is 17.7 Å². The van der Waals surface area contributed by atoms with Gasteiger partial charge in [0.25, 0.3) is 0 Å². The zero-order valence-electron chi connectivity index (χ0n) is 15.0. The van der Waals surface area contributed by atoms with Crippen molar-refractivity contribution in [3.8, 4) is 6.07 Å². The molecule has 2 aromatic carbocycles. The third kappa shape index (κ3) is 6.37. The lowest BCUT2D eigenvalue weighted by atomic mass is 9.91. The molecule has 0 heterocycles. The van der Waals surface area contributed by atoms with E-state index in [-0.39, 0.29) is 6.10 Å². The van der Waals surface area contributed by atoms with Crippen molar-refractivity contribution in [3.63, 3.8) is 0 Å². The molecule has 0 bridgehead atoms. The van der Waals surface area contributed by atoms with Crippen LogP contribution < -0.4 is 0 Å². The number of nitrogens with zero attached hydrogens (tertiary/aromatic N) is 1. The monoisotopic (exact) mass is 439 g/mol. The fourth-order valence-corrected chi connectivity index (χ4v) is 3.49. The molecule has 0 aliphatic rings. The Morgan fingerprint density at radius 3 is 2.52 bits per heavy atom. The lowest BCUT2D eigenvalue weighted by molar-refractivity contribution is -0.137. The minimum Gasteiger partial charge on any atom is -0.381 e. The molecule has 0 spiro atoms. The maximum absolute atomic E-state index is 12.9. The average molecular weight is 440 g/mol. The van der Waals surface area contributed by atoms with Gasteiger partial charge in [0.15, 0.2) is 0 Å². The number of nitriles is 1. The smallest absolute Gasteiger partial charge is 0.381 e. The number of rotatable bonds is 8. The number of hydrogen-bond acceptors (Lipinski definition) is 2. The summed E-state index contributed by atoms with van der Waals surface area (Å²) in [4.78, 5) is 0. The summed E-state index contributed by atoms with van der Waals surface area (Å²) in [5.74, 6) is -0.638. The first-order chi connectivity index (χ1) is 12.8. The van der Waals surface area contributed by atoms with Crippen LogP contribution in [0.5, 0.6) is 0 Å². The predicted molar refractivity (Wildman–Crippen MR) is 102 cm³/mol. The number of ether oxygens (including phenoxy) is 1. The van der Waals surface area contributed by atoms with E-state index in [1.807, 2.05) is 24.3 Å². The number of halogens is 4. The Morgan fingerprint density at radius 1 is 1.15 bits per heavy atom. The SMILES string of the molecule is COC(CCCc1ccccc1Br)CC(C#N)c1cccc(C(F)(F)F)c1. The Hall–Kier alpha value is -1.84. The van der Waals surface area contributed by atoms with Crippen LogP contribution in [0, 0.1) is 11.3 Å². The van der Waals surface area contributed by atoms with E-state index in [4.69, 9.17) is 4.74 Å². The lowest BCUT2D eigenvalue weighted by Crippen LogP contribution is -2.16. The average Bonchev–Trinajstić information content (AvgIpc) is 2.65. The van der Waals surface area contributed by atoms with Gasteiger partial charge in [-0.2, -0.15) is 18.4 Å². The Kier molecular flexibility index (Phi) is 7.88. The van der Waals surface area contributed by atoms with Crippen molar-refractivity contribution in [2.75, 3.05) is 7.11 Å². The van der Waals surface area contributed by atoms with E-state index in [9.17, 15) is 18.4 Å². The quantitative estimate of drug-likeness (QED) is 0.469. The summed E-state index contributed by atoms with van der Waals surface area (Å²) in [6.07, 6.45) is -1.78. The molecule has 0 radical (unpaired) electrons. The normalized spacial score (nSPS) is 13.8. The second-order valence-corrected chi connectivity index (χ2v) is 7.24. The molecule has 0 fully saturated rings. The molecule has 0 saturated carbocycles. The Balaban J connectivity index is 1.99. The largest absolute Gasteiger partial charge is 0.416 e. The van der Waals surface area contributed by atoms with E-state index in [1.54, 1.807) is 13.2 Å². The zero-order chi connectivity index (χ0) is 19.9. The van der Waals surface area contributed by atoms with Crippen LogP contribution in [-0.4, -0.2) is 13.2 Å². The molecule has 0 saturated heterocycles. The van der Waals surface area contributed by atoms with Gasteiger partial charge < -0.3 is 4.74 Å². The standard InChI is InChI=1S/C21H21BrF3NO/c1-27-19(10-5-7-15-6-2-3-11-20(15)22)13-17(14-26)16-8-4-9-18(12-16)21(23,24)25/h2-4,6,8-9,11-12,17,19H,5,7,10,13H2,1H3. The first-order valence-corrected chi connectivity index (χ1v) is 9.47. The molecular formula is C21H21BrF3NO.